The maximum atomic E-state index is 13.8. The highest BCUT2D eigenvalue weighted by atomic mass is 35.5. The Morgan fingerprint density at radius 2 is 1.51 bits per heavy atom. The molecular weight excluding hydrogens is 616 g/mol. The lowest BCUT2D eigenvalue weighted by Gasteiger charge is -2.35. The van der Waals surface area contributed by atoms with E-state index in [0.29, 0.717) is 59.4 Å². The number of piperazine rings is 1. The summed E-state index contributed by atoms with van der Waals surface area (Å²) in [7, 11) is 0. The van der Waals surface area contributed by atoms with E-state index in [4.69, 9.17) is 21.1 Å². The normalized spacial score (nSPS) is 13.9. The molecule has 0 radical (unpaired) electrons. The van der Waals surface area contributed by atoms with Crippen LogP contribution in [-0.4, -0.2) is 77.0 Å². The van der Waals surface area contributed by atoms with Crippen LogP contribution in [0.1, 0.15) is 66.8 Å². The summed E-state index contributed by atoms with van der Waals surface area (Å²) in [5.41, 5.74) is 2.02. The number of carbonyl (C=O) groups excluding carboxylic acids is 3. The van der Waals surface area contributed by atoms with Crippen LogP contribution in [0.2, 0.25) is 5.02 Å². The van der Waals surface area contributed by atoms with E-state index in [9.17, 15) is 14.4 Å². The zero-order chi connectivity index (χ0) is 33.6. The summed E-state index contributed by atoms with van der Waals surface area (Å²) < 4.78 is 13.7. The molecule has 1 aromatic heterocycles. The molecule has 0 unspecified atom stereocenters. The number of nitrogens with zero attached hydrogens (tertiary/aromatic N) is 3. The molecule has 3 aromatic carbocycles. The highest BCUT2D eigenvalue weighted by molar-refractivity contribution is 6.30. The molecule has 0 aliphatic carbocycles. The minimum atomic E-state index is -0.517. The van der Waals surface area contributed by atoms with Gasteiger partial charge in [-0.1, -0.05) is 37.1 Å². The van der Waals surface area contributed by atoms with Gasteiger partial charge in [0.25, 0.3) is 5.91 Å². The zero-order valence-electron chi connectivity index (χ0n) is 27.6. The molecule has 1 fully saturated rings. The Kier molecular flexibility index (Phi) is 10.9. The lowest BCUT2D eigenvalue weighted by molar-refractivity contribution is 0.0147. The van der Waals surface area contributed by atoms with Crippen LogP contribution in [0.4, 0.5) is 4.79 Å². The van der Waals surface area contributed by atoms with Gasteiger partial charge in [-0.15, -0.1) is 0 Å². The standard InChI is InChI=1S/C37H43ClN4O5/c1-5-6-18-42-25-32(31-24-30(15-16-33(31)42)46-29-13-11-28(38)12-14-29)34(43)26-7-9-27(10-8-26)35(44)39-17-19-40-20-22-41(23-21-40)36(45)47-37(2,3)4/h7-16,24-25H,5-6,17-23H2,1-4H3,(H,39,44). The van der Waals surface area contributed by atoms with Crippen molar-refractivity contribution in [3.63, 3.8) is 0 Å². The van der Waals surface area contributed by atoms with Crippen molar-refractivity contribution in [3.8, 4) is 11.5 Å². The van der Waals surface area contributed by atoms with Crippen LogP contribution in [-0.2, 0) is 11.3 Å². The molecule has 5 rings (SSSR count). The maximum Gasteiger partial charge on any atom is 0.410 e. The Bertz CT molecular complexity index is 1700. The number of ether oxygens (including phenoxy) is 2. The molecule has 0 bridgehead atoms. The third kappa shape index (κ3) is 8.93. The fourth-order valence-corrected chi connectivity index (χ4v) is 5.64. The van der Waals surface area contributed by atoms with Crippen molar-refractivity contribution in [1.82, 2.24) is 19.7 Å². The van der Waals surface area contributed by atoms with E-state index in [2.05, 4.69) is 21.7 Å². The van der Waals surface area contributed by atoms with E-state index in [-0.39, 0.29) is 17.8 Å². The number of aromatic nitrogens is 1. The summed E-state index contributed by atoms with van der Waals surface area (Å²) in [6, 6.07) is 19.7. The van der Waals surface area contributed by atoms with Gasteiger partial charge in [0, 0.05) is 84.6 Å². The average molecular weight is 659 g/mol. The predicted octanol–water partition coefficient (Wildman–Crippen LogP) is 7.40. The Morgan fingerprint density at radius 3 is 2.17 bits per heavy atom. The number of benzene rings is 3. The second-order valence-electron chi connectivity index (χ2n) is 12.8. The number of aryl methyl sites for hydroxylation is 1. The summed E-state index contributed by atoms with van der Waals surface area (Å²) >= 11 is 6.02. The SMILES string of the molecule is CCCCn1cc(C(=O)c2ccc(C(=O)NCCN3CCN(C(=O)OC(C)(C)C)CC3)cc2)c2cc(Oc3ccc(Cl)cc3)ccc21. The van der Waals surface area contributed by atoms with Gasteiger partial charge in [-0.25, -0.2) is 4.79 Å². The molecule has 2 heterocycles. The largest absolute Gasteiger partial charge is 0.457 e. The van der Waals surface area contributed by atoms with E-state index in [1.165, 1.54) is 0 Å². The number of hydrogen-bond donors (Lipinski definition) is 1. The Hall–Kier alpha value is -4.34. The first kappa shape index (κ1) is 34.0. The van der Waals surface area contributed by atoms with Crippen LogP contribution in [0.5, 0.6) is 11.5 Å². The summed E-state index contributed by atoms with van der Waals surface area (Å²) in [6.45, 7) is 12.3. The van der Waals surface area contributed by atoms with Crippen molar-refractivity contribution >= 4 is 40.3 Å². The topological polar surface area (TPSA) is 93.1 Å². The predicted molar refractivity (Wildman–Crippen MR) is 185 cm³/mol. The number of ketones is 1. The van der Waals surface area contributed by atoms with E-state index in [1.807, 2.05) is 45.2 Å². The molecule has 10 heteroatoms. The van der Waals surface area contributed by atoms with E-state index >= 15 is 0 Å². The number of amides is 2. The number of carbonyl (C=O) groups is 3. The second-order valence-corrected chi connectivity index (χ2v) is 13.2. The molecule has 9 nitrogen and oxygen atoms in total. The van der Waals surface area contributed by atoms with E-state index in [0.717, 1.165) is 43.4 Å². The van der Waals surface area contributed by atoms with Crippen LogP contribution in [0.25, 0.3) is 10.9 Å². The summed E-state index contributed by atoms with van der Waals surface area (Å²) in [5.74, 6) is 0.962. The van der Waals surface area contributed by atoms with Crippen molar-refractivity contribution in [3.05, 3.63) is 94.6 Å². The lowest BCUT2D eigenvalue weighted by Crippen LogP contribution is -2.51. The third-order valence-electron chi connectivity index (χ3n) is 8.05. The first-order chi connectivity index (χ1) is 22.5. The molecule has 0 atom stereocenters. The number of halogens is 1. The lowest BCUT2D eigenvalue weighted by atomic mass is 10.0. The Balaban J connectivity index is 1.20. The summed E-state index contributed by atoms with van der Waals surface area (Å²) in [4.78, 5) is 42.9. The van der Waals surface area contributed by atoms with Gasteiger partial charge in [0.15, 0.2) is 5.78 Å². The Labute approximate surface area is 281 Å². The maximum absolute atomic E-state index is 13.8. The molecular formula is C37H43ClN4O5. The van der Waals surface area contributed by atoms with Crippen LogP contribution in [0.3, 0.4) is 0 Å². The van der Waals surface area contributed by atoms with Gasteiger partial charge in [0.2, 0.25) is 0 Å². The van der Waals surface area contributed by atoms with Gasteiger partial charge in [-0.3, -0.25) is 14.5 Å². The smallest absolute Gasteiger partial charge is 0.410 e. The molecule has 4 aromatic rings. The van der Waals surface area contributed by atoms with Crippen molar-refractivity contribution in [2.75, 3.05) is 39.3 Å². The monoisotopic (exact) mass is 658 g/mol. The number of rotatable bonds is 11. The van der Waals surface area contributed by atoms with Gasteiger partial charge in [-0.2, -0.15) is 0 Å². The molecule has 1 saturated heterocycles. The van der Waals surface area contributed by atoms with Gasteiger partial charge in [0.1, 0.15) is 17.1 Å². The summed E-state index contributed by atoms with van der Waals surface area (Å²) in [6.07, 6.45) is 3.66. The van der Waals surface area contributed by atoms with Crippen molar-refractivity contribution in [2.24, 2.45) is 0 Å². The van der Waals surface area contributed by atoms with Crippen LogP contribution in [0.15, 0.2) is 72.9 Å². The van der Waals surface area contributed by atoms with Crippen LogP contribution in [0, 0.1) is 0 Å². The first-order valence-electron chi connectivity index (χ1n) is 16.2. The molecule has 0 saturated carbocycles. The fourth-order valence-electron chi connectivity index (χ4n) is 5.51. The fraction of sp³-hybridized carbons (Fsp3) is 0.378. The van der Waals surface area contributed by atoms with Gasteiger partial charge >= 0.3 is 6.09 Å². The third-order valence-corrected chi connectivity index (χ3v) is 8.30. The number of nitrogens with one attached hydrogen (secondary N) is 1. The first-order valence-corrected chi connectivity index (χ1v) is 16.6. The molecule has 1 aliphatic rings. The molecule has 1 aliphatic heterocycles. The Morgan fingerprint density at radius 1 is 0.851 bits per heavy atom. The van der Waals surface area contributed by atoms with E-state index in [1.54, 1.807) is 53.4 Å². The average Bonchev–Trinajstić information content (AvgIpc) is 3.41. The summed E-state index contributed by atoms with van der Waals surface area (Å²) in [5, 5.41) is 4.41. The second kappa shape index (κ2) is 15.0. The van der Waals surface area contributed by atoms with E-state index < -0.39 is 5.60 Å². The molecule has 1 N–H and O–H groups in total. The zero-order valence-corrected chi connectivity index (χ0v) is 28.3. The van der Waals surface area contributed by atoms with Crippen molar-refractivity contribution < 1.29 is 23.9 Å². The van der Waals surface area contributed by atoms with Gasteiger partial charge in [0.05, 0.1) is 0 Å². The van der Waals surface area contributed by atoms with Crippen molar-refractivity contribution in [1.29, 1.82) is 0 Å². The number of hydrogen-bond acceptors (Lipinski definition) is 6. The number of unbranched alkanes of at least 4 members (excludes halogenated alkanes) is 1. The van der Waals surface area contributed by atoms with Gasteiger partial charge in [-0.05, 0) is 81.8 Å². The number of fused-ring (bicyclic) bond motifs is 1. The molecule has 47 heavy (non-hydrogen) atoms. The minimum Gasteiger partial charge on any atom is -0.457 e. The quantitative estimate of drug-likeness (QED) is 0.169. The molecule has 2 amide bonds. The van der Waals surface area contributed by atoms with Crippen LogP contribution >= 0.6 is 11.6 Å². The molecule has 0 spiro atoms. The van der Waals surface area contributed by atoms with Crippen LogP contribution < -0.4 is 10.1 Å². The molecule has 248 valence electrons. The highest BCUT2D eigenvalue weighted by Gasteiger charge is 2.26. The van der Waals surface area contributed by atoms with Gasteiger partial charge < -0.3 is 24.3 Å². The minimum absolute atomic E-state index is 0.119. The highest BCUT2D eigenvalue weighted by Crippen LogP contribution is 2.31. The van der Waals surface area contributed by atoms with Crippen molar-refractivity contribution in [2.45, 2.75) is 52.7 Å².